The second-order valence-corrected chi connectivity index (χ2v) is 4.73. The Hall–Kier alpha value is -0.830. The first kappa shape index (κ1) is 13.2. The first-order valence-electron chi connectivity index (χ1n) is 6.37. The Morgan fingerprint density at radius 3 is 2.69 bits per heavy atom. The van der Waals surface area contributed by atoms with Crippen LogP contribution in [-0.2, 0) is 13.0 Å². The quantitative estimate of drug-likeness (QED) is 0.805. The molecule has 0 amide bonds. The average molecular weight is 223 g/mol. The fourth-order valence-electron chi connectivity index (χ4n) is 2.15. The minimum absolute atomic E-state index is 0.251. The number of nitrogens with two attached hydrogens (primary N) is 1. The van der Waals surface area contributed by atoms with Crippen LogP contribution < -0.4 is 5.73 Å². The molecule has 0 spiro atoms. The Kier molecular flexibility index (Phi) is 5.00. The van der Waals surface area contributed by atoms with Crippen LogP contribution in [0, 0.1) is 12.8 Å². The Morgan fingerprint density at radius 1 is 1.44 bits per heavy atom. The van der Waals surface area contributed by atoms with Gasteiger partial charge in [-0.2, -0.15) is 5.10 Å². The maximum absolute atomic E-state index is 6.23. The van der Waals surface area contributed by atoms with Crippen molar-refractivity contribution < 1.29 is 0 Å². The lowest BCUT2D eigenvalue weighted by Gasteiger charge is -2.19. The molecule has 1 aromatic heterocycles. The number of nitrogens with zero attached hydrogens (tertiary/aromatic N) is 2. The highest BCUT2D eigenvalue weighted by Crippen LogP contribution is 2.14. The van der Waals surface area contributed by atoms with E-state index in [1.165, 1.54) is 18.5 Å². The molecule has 2 N–H and O–H groups in total. The Bertz CT molecular complexity index is 317. The fourth-order valence-corrected chi connectivity index (χ4v) is 2.15. The van der Waals surface area contributed by atoms with Gasteiger partial charge < -0.3 is 5.73 Å². The Balaban J connectivity index is 2.64. The van der Waals surface area contributed by atoms with Crippen LogP contribution >= 0.6 is 0 Å². The van der Waals surface area contributed by atoms with Crippen LogP contribution in [-0.4, -0.2) is 15.8 Å². The van der Waals surface area contributed by atoms with E-state index < -0.39 is 0 Å². The first-order chi connectivity index (χ1) is 7.58. The van der Waals surface area contributed by atoms with Crippen molar-refractivity contribution in [1.29, 1.82) is 0 Å². The number of hydrogen-bond donors (Lipinski definition) is 1. The van der Waals surface area contributed by atoms with Crippen molar-refractivity contribution in [3.8, 4) is 0 Å². The van der Waals surface area contributed by atoms with Gasteiger partial charge in [0.05, 0.1) is 5.69 Å². The SMILES string of the molecule is CCCC(C)C(N)Cc1cc(C)nn1CC. The van der Waals surface area contributed by atoms with Gasteiger partial charge in [-0.3, -0.25) is 4.68 Å². The summed E-state index contributed by atoms with van der Waals surface area (Å²) in [5.41, 5.74) is 8.59. The fraction of sp³-hybridized carbons (Fsp3) is 0.769. The molecule has 0 aliphatic heterocycles. The van der Waals surface area contributed by atoms with Crippen LogP contribution in [0.15, 0.2) is 6.07 Å². The zero-order valence-corrected chi connectivity index (χ0v) is 11.0. The summed E-state index contributed by atoms with van der Waals surface area (Å²) < 4.78 is 2.06. The van der Waals surface area contributed by atoms with E-state index in [0.717, 1.165) is 18.7 Å². The van der Waals surface area contributed by atoms with E-state index in [2.05, 4.69) is 36.6 Å². The largest absolute Gasteiger partial charge is 0.327 e. The predicted molar refractivity (Wildman–Crippen MR) is 68.4 cm³/mol. The monoisotopic (exact) mass is 223 g/mol. The summed E-state index contributed by atoms with van der Waals surface area (Å²) in [6, 6.07) is 2.41. The molecule has 92 valence electrons. The molecule has 1 aromatic rings. The third-order valence-electron chi connectivity index (χ3n) is 3.20. The molecule has 3 heteroatoms. The maximum atomic E-state index is 6.23. The van der Waals surface area contributed by atoms with Gasteiger partial charge in [-0.1, -0.05) is 20.3 Å². The lowest BCUT2D eigenvalue weighted by Crippen LogP contribution is -2.31. The van der Waals surface area contributed by atoms with Crippen LogP contribution in [0.4, 0.5) is 0 Å². The molecule has 0 aromatic carbocycles. The van der Waals surface area contributed by atoms with Gasteiger partial charge in [0, 0.05) is 24.7 Å². The van der Waals surface area contributed by atoms with Gasteiger partial charge in [0.2, 0.25) is 0 Å². The van der Waals surface area contributed by atoms with Crippen LogP contribution in [0.25, 0.3) is 0 Å². The van der Waals surface area contributed by atoms with E-state index in [1.54, 1.807) is 0 Å². The zero-order valence-electron chi connectivity index (χ0n) is 11.0. The summed E-state index contributed by atoms with van der Waals surface area (Å²) in [5.74, 6) is 0.588. The van der Waals surface area contributed by atoms with Gasteiger partial charge in [-0.05, 0) is 32.3 Å². The molecule has 2 unspecified atom stereocenters. The summed E-state index contributed by atoms with van der Waals surface area (Å²) in [4.78, 5) is 0. The third kappa shape index (κ3) is 3.34. The highest BCUT2D eigenvalue weighted by Gasteiger charge is 2.15. The van der Waals surface area contributed by atoms with Crippen molar-refractivity contribution in [2.24, 2.45) is 11.7 Å². The lowest BCUT2D eigenvalue weighted by molar-refractivity contribution is 0.410. The average Bonchev–Trinajstić information content (AvgIpc) is 2.59. The normalized spacial score (nSPS) is 15.1. The number of rotatable bonds is 6. The standard InChI is InChI=1S/C13H25N3/c1-5-7-10(3)13(14)9-12-8-11(4)15-16(12)6-2/h8,10,13H,5-7,9,14H2,1-4H3. The molecule has 3 nitrogen and oxygen atoms in total. The van der Waals surface area contributed by atoms with Crippen molar-refractivity contribution in [1.82, 2.24) is 9.78 Å². The highest BCUT2D eigenvalue weighted by molar-refractivity contribution is 5.10. The van der Waals surface area contributed by atoms with Crippen LogP contribution in [0.2, 0.25) is 0 Å². The molecule has 2 atom stereocenters. The molecular weight excluding hydrogens is 198 g/mol. The number of aryl methyl sites for hydroxylation is 2. The van der Waals surface area contributed by atoms with Crippen molar-refractivity contribution in [3.63, 3.8) is 0 Å². The molecular formula is C13H25N3. The van der Waals surface area contributed by atoms with Gasteiger partial charge in [0.25, 0.3) is 0 Å². The second kappa shape index (κ2) is 6.04. The van der Waals surface area contributed by atoms with E-state index in [-0.39, 0.29) is 6.04 Å². The van der Waals surface area contributed by atoms with Crippen LogP contribution in [0.5, 0.6) is 0 Å². The van der Waals surface area contributed by atoms with Crippen molar-refractivity contribution in [2.75, 3.05) is 0 Å². The minimum atomic E-state index is 0.251. The molecule has 16 heavy (non-hydrogen) atoms. The topological polar surface area (TPSA) is 43.8 Å². The highest BCUT2D eigenvalue weighted by atomic mass is 15.3. The third-order valence-corrected chi connectivity index (χ3v) is 3.20. The van der Waals surface area contributed by atoms with E-state index in [0.29, 0.717) is 5.92 Å². The van der Waals surface area contributed by atoms with Gasteiger partial charge >= 0.3 is 0 Å². The van der Waals surface area contributed by atoms with Gasteiger partial charge in [-0.15, -0.1) is 0 Å². The van der Waals surface area contributed by atoms with E-state index in [1.807, 2.05) is 6.92 Å². The van der Waals surface area contributed by atoms with E-state index >= 15 is 0 Å². The molecule has 0 saturated heterocycles. The van der Waals surface area contributed by atoms with Crippen molar-refractivity contribution in [3.05, 3.63) is 17.5 Å². The smallest absolute Gasteiger partial charge is 0.0596 e. The zero-order chi connectivity index (χ0) is 12.1. The summed E-state index contributed by atoms with van der Waals surface area (Å²) in [5, 5.41) is 4.45. The molecule has 0 bridgehead atoms. The molecule has 0 aliphatic rings. The van der Waals surface area contributed by atoms with Gasteiger partial charge in [0.1, 0.15) is 0 Å². The van der Waals surface area contributed by atoms with Crippen LogP contribution in [0.3, 0.4) is 0 Å². The van der Waals surface area contributed by atoms with Crippen LogP contribution in [0.1, 0.15) is 45.0 Å². The molecule has 0 saturated carbocycles. The first-order valence-corrected chi connectivity index (χ1v) is 6.37. The van der Waals surface area contributed by atoms with E-state index in [9.17, 15) is 0 Å². The number of aromatic nitrogens is 2. The van der Waals surface area contributed by atoms with Crippen molar-refractivity contribution >= 4 is 0 Å². The van der Waals surface area contributed by atoms with Crippen molar-refractivity contribution in [2.45, 2.75) is 59.5 Å². The predicted octanol–water partition coefficient (Wildman–Crippen LogP) is 2.52. The molecule has 0 fully saturated rings. The van der Waals surface area contributed by atoms with Gasteiger partial charge in [-0.25, -0.2) is 0 Å². The second-order valence-electron chi connectivity index (χ2n) is 4.73. The summed E-state index contributed by atoms with van der Waals surface area (Å²) in [6.07, 6.45) is 3.36. The summed E-state index contributed by atoms with van der Waals surface area (Å²) in [6.45, 7) is 9.54. The maximum Gasteiger partial charge on any atom is 0.0596 e. The molecule has 1 heterocycles. The lowest BCUT2D eigenvalue weighted by atomic mass is 9.94. The van der Waals surface area contributed by atoms with E-state index in [4.69, 9.17) is 5.73 Å². The molecule has 1 rings (SSSR count). The van der Waals surface area contributed by atoms with Gasteiger partial charge in [0.15, 0.2) is 0 Å². The summed E-state index contributed by atoms with van der Waals surface area (Å²) >= 11 is 0. The Morgan fingerprint density at radius 2 is 2.12 bits per heavy atom. The molecule has 0 radical (unpaired) electrons. The summed E-state index contributed by atoms with van der Waals surface area (Å²) in [7, 11) is 0. The Labute approximate surface area is 99.0 Å². The minimum Gasteiger partial charge on any atom is -0.327 e. The molecule has 0 aliphatic carbocycles. The number of hydrogen-bond acceptors (Lipinski definition) is 2.